The molecule has 0 atom stereocenters. The number of ether oxygens (including phenoxy) is 5. The number of hydrogen-bond acceptors (Lipinski definition) is 8. The third-order valence-corrected chi connectivity index (χ3v) is 2.39. The van der Waals surface area contributed by atoms with E-state index in [4.69, 9.17) is 25.8 Å². The van der Waals surface area contributed by atoms with E-state index in [-0.39, 0.29) is 22.8 Å². The Morgan fingerprint density at radius 3 is 1.62 bits per heavy atom. The van der Waals surface area contributed by atoms with Gasteiger partial charge in [0.2, 0.25) is 5.75 Å². The van der Waals surface area contributed by atoms with Crippen molar-refractivity contribution in [1.82, 2.24) is 0 Å². The van der Waals surface area contributed by atoms with E-state index < -0.39 is 17.6 Å². The summed E-state index contributed by atoms with van der Waals surface area (Å²) in [5.74, 6) is -0.544. The number of benzene rings is 1. The minimum atomic E-state index is -1.06. The molecule has 1 rings (SSSR count). The molecule has 1 aromatic rings. The molecule has 0 saturated heterocycles. The Morgan fingerprint density at radius 1 is 0.905 bits per heavy atom. The average Bonchev–Trinajstić information content (AvgIpc) is 2.46. The summed E-state index contributed by atoms with van der Waals surface area (Å²) in [7, 11) is 3.43. The second kappa shape index (κ2) is 7.34. The van der Waals surface area contributed by atoms with E-state index in [0.717, 1.165) is 26.4 Å². The summed E-state index contributed by atoms with van der Waals surface area (Å²) >= 11 is 5.36. The lowest BCUT2D eigenvalue weighted by Gasteiger charge is -2.13. The summed E-state index contributed by atoms with van der Waals surface area (Å²) in [4.78, 5) is 33.6. The SMILES string of the molecule is COC(=O)Oc1cc(C(=O)Cl)cc(OC(=O)OC)c1OC. The van der Waals surface area contributed by atoms with Gasteiger partial charge < -0.3 is 23.7 Å². The van der Waals surface area contributed by atoms with Gasteiger partial charge >= 0.3 is 12.3 Å². The first-order valence-corrected chi connectivity index (χ1v) is 5.74. The highest BCUT2D eigenvalue weighted by Gasteiger charge is 2.21. The van der Waals surface area contributed by atoms with Gasteiger partial charge in [0.05, 0.1) is 21.3 Å². The number of carbonyl (C=O) groups is 3. The molecule has 0 aliphatic carbocycles. The minimum absolute atomic E-state index is 0.0877. The van der Waals surface area contributed by atoms with Crippen LogP contribution in [-0.4, -0.2) is 38.9 Å². The molecule has 0 unspecified atom stereocenters. The molecule has 114 valence electrons. The molecule has 0 aromatic heterocycles. The Morgan fingerprint density at radius 2 is 1.33 bits per heavy atom. The third-order valence-electron chi connectivity index (χ3n) is 2.17. The number of carbonyl (C=O) groups excluding carboxylic acids is 3. The molecule has 0 aliphatic heterocycles. The van der Waals surface area contributed by atoms with Crippen LogP contribution in [0.4, 0.5) is 9.59 Å². The summed E-state index contributed by atoms with van der Waals surface area (Å²) in [5.41, 5.74) is -0.0877. The molecule has 0 spiro atoms. The molecule has 9 heteroatoms. The van der Waals surface area contributed by atoms with Crippen molar-refractivity contribution in [2.24, 2.45) is 0 Å². The third kappa shape index (κ3) is 4.25. The van der Waals surface area contributed by atoms with E-state index in [9.17, 15) is 14.4 Å². The minimum Gasteiger partial charge on any atom is -0.490 e. The van der Waals surface area contributed by atoms with Crippen molar-refractivity contribution in [2.45, 2.75) is 0 Å². The van der Waals surface area contributed by atoms with Gasteiger partial charge in [-0.2, -0.15) is 0 Å². The van der Waals surface area contributed by atoms with Crippen molar-refractivity contribution < 1.29 is 38.1 Å². The van der Waals surface area contributed by atoms with Gasteiger partial charge in [-0.3, -0.25) is 4.79 Å². The first kappa shape index (κ1) is 16.6. The Labute approximate surface area is 124 Å². The van der Waals surface area contributed by atoms with Crippen molar-refractivity contribution in [3.8, 4) is 17.2 Å². The van der Waals surface area contributed by atoms with Crippen LogP contribution in [0.1, 0.15) is 10.4 Å². The van der Waals surface area contributed by atoms with Gasteiger partial charge in [0.1, 0.15) is 0 Å². The molecule has 0 radical (unpaired) electrons. The Bertz CT molecular complexity index is 529. The molecule has 0 N–H and O–H groups in total. The van der Waals surface area contributed by atoms with Gasteiger partial charge in [-0.25, -0.2) is 9.59 Å². The van der Waals surface area contributed by atoms with Crippen molar-refractivity contribution in [1.29, 1.82) is 0 Å². The predicted molar refractivity (Wildman–Crippen MR) is 69.2 cm³/mol. The fourth-order valence-corrected chi connectivity index (χ4v) is 1.41. The van der Waals surface area contributed by atoms with E-state index in [1.807, 2.05) is 0 Å². The second-order valence-corrected chi connectivity index (χ2v) is 3.74. The van der Waals surface area contributed by atoms with Crippen molar-refractivity contribution in [2.75, 3.05) is 21.3 Å². The van der Waals surface area contributed by atoms with Gasteiger partial charge in [0, 0.05) is 5.56 Å². The summed E-state index contributed by atoms with van der Waals surface area (Å²) in [6.07, 6.45) is -2.12. The number of halogens is 1. The van der Waals surface area contributed by atoms with Crippen LogP contribution in [0.15, 0.2) is 12.1 Å². The molecule has 0 bridgehead atoms. The molecule has 21 heavy (non-hydrogen) atoms. The summed E-state index contributed by atoms with van der Waals surface area (Å²) in [6, 6.07) is 2.27. The predicted octanol–water partition coefficient (Wildman–Crippen LogP) is 2.36. The average molecular weight is 319 g/mol. The lowest BCUT2D eigenvalue weighted by molar-refractivity contribution is 0.107. The molecular formula is C12H11ClO8. The van der Waals surface area contributed by atoms with Gasteiger partial charge in [-0.05, 0) is 23.7 Å². The molecule has 0 saturated carbocycles. The van der Waals surface area contributed by atoms with Crippen LogP contribution in [0.2, 0.25) is 0 Å². The molecule has 1 aromatic carbocycles. The zero-order valence-corrected chi connectivity index (χ0v) is 12.1. The fraction of sp³-hybridized carbons (Fsp3) is 0.250. The molecule has 0 amide bonds. The number of hydrogen-bond donors (Lipinski definition) is 0. The fourth-order valence-electron chi connectivity index (χ4n) is 1.31. The Hall–Kier alpha value is -2.48. The zero-order valence-electron chi connectivity index (χ0n) is 11.3. The highest BCUT2D eigenvalue weighted by Crippen LogP contribution is 2.39. The van der Waals surface area contributed by atoms with Crippen molar-refractivity contribution in [3.05, 3.63) is 17.7 Å². The van der Waals surface area contributed by atoms with E-state index in [2.05, 4.69) is 9.47 Å². The Balaban J connectivity index is 3.35. The quantitative estimate of drug-likeness (QED) is 0.474. The van der Waals surface area contributed by atoms with Gasteiger partial charge in [0.15, 0.2) is 11.5 Å². The number of rotatable bonds is 4. The van der Waals surface area contributed by atoms with Crippen LogP contribution < -0.4 is 14.2 Å². The highest BCUT2D eigenvalue weighted by molar-refractivity contribution is 6.67. The lowest BCUT2D eigenvalue weighted by Crippen LogP contribution is -2.12. The number of methoxy groups -OCH3 is 3. The van der Waals surface area contributed by atoms with Gasteiger partial charge in [0.25, 0.3) is 5.24 Å². The summed E-state index contributed by atoms with van der Waals surface area (Å²) in [6.45, 7) is 0. The van der Waals surface area contributed by atoms with Crippen LogP contribution in [0.25, 0.3) is 0 Å². The molecule has 8 nitrogen and oxygen atoms in total. The van der Waals surface area contributed by atoms with Gasteiger partial charge in [-0.1, -0.05) is 0 Å². The second-order valence-electron chi connectivity index (χ2n) is 3.39. The van der Waals surface area contributed by atoms with E-state index in [1.54, 1.807) is 0 Å². The maximum Gasteiger partial charge on any atom is 0.513 e. The topological polar surface area (TPSA) is 97.4 Å². The standard InChI is InChI=1S/C12H11ClO8/c1-17-9-7(20-11(15)18-2)4-6(10(13)14)5-8(9)21-12(16)19-3/h4-5H,1-3H3. The normalized spacial score (nSPS) is 9.52. The van der Waals surface area contributed by atoms with E-state index in [1.165, 1.54) is 7.11 Å². The van der Waals surface area contributed by atoms with E-state index in [0.29, 0.717) is 0 Å². The molecule has 0 aliphatic rings. The van der Waals surface area contributed by atoms with Crippen LogP contribution in [0.5, 0.6) is 17.2 Å². The van der Waals surface area contributed by atoms with Crippen LogP contribution in [0, 0.1) is 0 Å². The Kier molecular flexibility index (Phi) is 5.79. The van der Waals surface area contributed by atoms with Crippen molar-refractivity contribution >= 4 is 29.2 Å². The maximum atomic E-state index is 11.2. The van der Waals surface area contributed by atoms with Gasteiger partial charge in [-0.15, -0.1) is 0 Å². The largest absolute Gasteiger partial charge is 0.513 e. The highest BCUT2D eigenvalue weighted by atomic mass is 35.5. The maximum absolute atomic E-state index is 11.2. The zero-order chi connectivity index (χ0) is 16.0. The van der Waals surface area contributed by atoms with E-state index >= 15 is 0 Å². The summed E-state index contributed by atoms with van der Waals surface area (Å²) in [5, 5.41) is -0.859. The molecule has 0 fully saturated rings. The molecule has 0 heterocycles. The van der Waals surface area contributed by atoms with Crippen molar-refractivity contribution in [3.63, 3.8) is 0 Å². The lowest BCUT2D eigenvalue weighted by atomic mass is 10.2. The molecular weight excluding hydrogens is 308 g/mol. The van der Waals surface area contributed by atoms with Crippen LogP contribution in [0.3, 0.4) is 0 Å². The van der Waals surface area contributed by atoms with Crippen LogP contribution in [-0.2, 0) is 9.47 Å². The van der Waals surface area contributed by atoms with Crippen LogP contribution >= 0.6 is 11.6 Å². The monoisotopic (exact) mass is 318 g/mol. The first-order chi connectivity index (χ1) is 9.92. The smallest absolute Gasteiger partial charge is 0.490 e. The summed E-state index contributed by atoms with van der Waals surface area (Å²) < 4.78 is 23.2. The first-order valence-electron chi connectivity index (χ1n) is 5.36.